The van der Waals surface area contributed by atoms with Crippen molar-refractivity contribution in [2.24, 2.45) is 17.4 Å². The normalized spacial score (nSPS) is 14.4. The largest absolute Gasteiger partial charge is 0.508 e. The van der Waals surface area contributed by atoms with Gasteiger partial charge in [0.15, 0.2) is 0 Å². The summed E-state index contributed by atoms with van der Waals surface area (Å²) >= 11 is 4.01. The summed E-state index contributed by atoms with van der Waals surface area (Å²) < 4.78 is 0. The van der Waals surface area contributed by atoms with Gasteiger partial charge in [-0.25, -0.2) is 4.79 Å². The van der Waals surface area contributed by atoms with Crippen LogP contribution >= 0.6 is 12.6 Å². The zero-order valence-electron chi connectivity index (χ0n) is 20.8. The average molecular weight is 526 g/mol. The van der Waals surface area contributed by atoms with Crippen molar-refractivity contribution in [3.63, 3.8) is 0 Å². The van der Waals surface area contributed by atoms with E-state index in [0.29, 0.717) is 31.4 Å². The fraction of sp³-hybridized carbons (Fsp3) is 0.583. The van der Waals surface area contributed by atoms with Crippen LogP contribution in [-0.4, -0.2) is 70.4 Å². The van der Waals surface area contributed by atoms with Crippen molar-refractivity contribution >= 4 is 36.3 Å². The lowest BCUT2D eigenvalue weighted by Crippen LogP contribution is -2.58. The zero-order chi connectivity index (χ0) is 27.3. The first kappa shape index (κ1) is 31.2. The molecule has 0 fully saturated rings. The van der Waals surface area contributed by atoms with Crippen LogP contribution in [0.3, 0.4) is 0 Å². The summed E-state index contributed by atoms with van der Waals surface area (Å²) in [6, 6.07) is 1.92. The minimum atomic E-state index is -1.19. The summed E-state index contributed by atoms with van der Waals surface area (Å²) in [7, 11) is 0. The van der Waals surface area contributed by atoms with Crippen LogP contribution in [0.5, 0.6) is 5.75 Å². The average Bonchev–Trinajstić information content (AvgIpc) is 2.82. The van der Waals surface area contributed by atoms with E-state index in [9.17, 15) is 29.4 Å². The monoisotopic (exact) mass is 525 g/mol. The molecular formula is C24H39N5O6S. The third-order valence-electron chi connectivity index (χ3n) is 5.44. The highest BCUT2D eigenvalue weighted by Gasteiger charge is 2.30. The minimum absolute atomic E-state index is 0.0332. The van der Waals surface area contributed by atoms with Crippen molar-refractivity contribution in [3.05, 3.63) is 29.8 Å². The number of carbonyl (C=O) groups is 4. The maximum Gasteiger partial charge on any atom is 0.326 e. The van der Waals surface area contributed by atoms with Gasteiger partial charge in [-0.2, -0.15) is 12.6 Å². The van der Waals surface area contributed by atoms with E-state index in [2.05, 4.69) is 28.6 Å². The number of hydrogen-bond donors (Lipinski definition) is 8. The van der Waals surface area contributed by atoms with E-state index in [-0.39, 0.29) is 30.3 Å². The molecule has 0 heterocycles. The van der Waals surface area contributed by atoms with Crippen LogP contribution in [0, 0.1) is 5.92 Å². The number of unbranched alkanes of at least 4 members (excludes halogenated alkanes) is 1. The molecule has 0 aliphatic carbocycles. The summed E-state index contributed by atoms with van der Waals surface area (Å²) in [5.74, 6) is -2.85. The Kier molecular flexibility index (Phi) is 13.9. The molecule has 36 heavy (non-hydrogen) atoms. The molecule has 0 aliphatic rings. The van der Waals surface area contributed by atoms with Crippen LogP contribution in [0.1, 0.15) is 45.1 Å². The predicted molar refractivity (Wildman–Crippen MR) is 139 cm³/mol. The number of nitrogens with one attached hydrogen (secondary N) is 3. The van der Waals surface area contributed by atoms with Gasteiger partial charge in [0, 0.05) is 12.2 Å². The summed E-state index contributed by atoms with van der Waals surface area (Å²) in [4.78, 5) is 50.3. The van der Waals surface area contributed by atoms with Gasteiger partial charge in [-0.05, 0) is 55.8 Å². The van der Waals surface area contributed by atoms with Crippen molar-refractivity contribution in [1.82, 2.24) is 16.0 Å². The molecule has 0 saturated heterocycles. The number of benzene rings is 1. The lowest BCUT2D eigenvalue weighted by molar-refractivity contribution is -0.142. The van der Waals surface area contributed by atoms with Crippen molar-refractivity contribution in [2.45, 2.75) is 70.1 Å². The molecule has 0 aliphatic heterocycles. The lowest BCUT2D eigenvalue weighted by Gasteiger charge is -2.26. The number of rotatable bonds is 16. The molecule has 0 saturated carbocycles. The topological polar surface area (TPSA) is 197 Å². The molecule has 9 N–H and O–H groups in total. The van der Waals surface area contributed by atoms with Gasteiger partial charge in [-0.15, -0.1) is 0 Å². The summed E-state index contributed by atoms with van der Waals surface area (Å²) in [5.41, 5.74) is 11.8. The van der Waals surface area contributed by atoms with Crippen molar-refractivity contribution in [2.75, 3.05) is 12.3 Å². The van der Waals surface area contributed by atoms with Gasteiger partial charge in [0.2, 0.25) is 17.7 Å². The van der Waals surface area contributed by atoms with Crippen LogP contribution in [0.2, 0.25) is 0 Å². The van der Waals surface area contributed by atoms with Gasteiger partial charge in [0.25, 0.3) is 0 Å². The maximum absolute atomic E-state index is 13.2. The number of aromatic hydroxyl groups is 1. The number of carboxylic acid groups (broad SMARTS) is 1. The van der Waals surface area contributed by atoms with Crippen LogP contribution < -0.4 is 27.4 Å². The Labute approximate surface area is 217 Å². The summed E-state index contributed by atoms with van der Waals surface area (Å²) in [6.45, 7) is 4.16. The lowest BCUT2D eigenvalue weighted by atomic mass is 10.0. The third-order valence-corrected chi connectivity index (χ3v) is 5.84. The number of nitrogens with two attached hydrogens (primary N) is 2. The quantitative estimate of drug-likeness (QED) is 0.108. The Balaban J connectivity index is 3.12. The van der Waals surface area contributed by atoms with Crippen LogP contribution in [0.4, 0.5) is 0 Å². The highest BCUT2D eigenvalue weighted by molar-refractivity contribution is 7.80. The van der Waals surface area contributed by atoms with Crippen molar-refractivity contribution in [3.8, 4) is 5.75 Å². The first-order valence-corrected chi connectivity index (χ1v) is 12.6. The SMILES string of the molecule is CC(C)CC(NC(=O)C(N)CS)C(=O)NC(Cc1ccc(O)cc1)C(=O)NC(CCCCN)C(=O)O. The molecule has 1 rings (SSSR count). The fourth-order valence-corrected chi connectivity index (χ4v) is 3.60. The van der Waals surface area contributed by atoms with Gasteiger partial charge in [0.1, 0.15) is 23.9 Å². The van der Waals surface area contributed by atoms with Crippen molar-refractivity contribution in [1.29, 1.82) is 0 Å². The number of carbonyl (C=O) groups excluding carboxylic acids is 3. The zero-order valence-corrected chi connectivity index (χ0v) is 21.7. The first-order chi connectivity index (χ1) is 17.0. The molecular weight excluding hydrogens is 486 g/mol. The molecule has 1 aromatic carbocycles. The Bertz CT molecular complexity index is 867. The van der Waals surface area contributed by atoms with Crippen LogP contribution in [-0.2, 0) is 25.6 Å². The Morgan fingerprint density at radius 1 is 0.917 bits per heavy atom. The number of hydrogen-bond acceptors (Lipinski definition) is 8. The first-order valence-electron chi connectivity index (χ1n) is 12.0. The van der Waals surface area contributed by atoms with E-state index >= 15 is 0 Å². The highest BCUT2D eigenvalue weighted by atomic mass is 32.1. The predicted octanol–water partition coefficient (Wildman–Crippen LogP) is -0.0941. The number of aliphatic carboxylic acids is 1. The molecule has 0 radical (unpaired) electrons. The smallest absolute Gasteiger partial charge is 0.326 e. The molecule has 202 valence electrons. The summed E-state index contributed by atoms with van der Waals surface area (Å²) in [6.07, 6.45) is 1.63. The molecule has 1 aromatic rings. The fourth-order valence-electron chi connectivity index (χ4n) is 3.44. The van der Waals surface area contributed by atoms with Gasteiger partial charge >= 0.3 is 5.97 Å². The molecule has 3 amide bonds. The second-order valence-corrected chi connectivity index (χ2v) is 9.46. The summed E-state index contributed by atoms with van der Waals surface area (Å²) in [5, 5.41) is 26.9. The van der Waals surface area contributed by atoms with E-state index in [0.717, 1.165) is 0 Å². The maximum atomic E-state index is 13.2. The number of phenolic OH excluding ortho intramolecular Hbond substituents is 1. The molecule has 0 spiro atoms. The number of thiol groups is 1. The number of amides is 3. The van der Waals surface area contributed by atoms with E-state index in [1.165, 1.54) is 12.1 Å². The second kappa shape index (κ2) is 16.0. The van der Waals surface area contributed by atoms with Gasteiger partial charge in [0.05, 0.1) is 6.04 Å². The molecule has 0 bridgehead atoms. The minimum Gasteiger partial charge on any atom is -0.508 e. The van der Waals surface area contributed by atoms with Gasteiger partial charge < -0.3 is 37.6 Å². The highest BCUT2D eigenvalue weighted by Crippen LogP contribution is 2.13. The standard InChI is InChI=1S/C24H39N5O6S/c1-14(2)11-19(28-21(31)17(26)13-36)22(32)29-20(12-15-6-8-16(30)9-7-15)23(33)27-18(24(34)35)5-3-4-10-25/h6-9,14,17-20,30,36H,3-5,10-13,25-26H2,1-2H3,(H,27,33)(H,28,31)(H,29,32)(H,34,35). The Hall–Kier alpha value is -2.83. The molecule has 12 heteroatoms. The molecule has 11 nitrogen and oxygen atoms in total. The number of carboxylic acids is 1. The van der Waals surface area contributed by atoms with Gasteiger partial charge in [-0.1, -0.05) is 26.0 Å². The second-order valence-electron chi connectivity index (χ2n) is 9.10. The molecule has 4 unspecified atom stereocenters. The molecule has 4 atom stereocenters. The third kappa shape index (κ3) is 11.3. The van der Waals surface area contributed by atoms with Crippen molar-refractivity contribution < 1.29 is 29.4 Å². The van der Waals surface area contributed by atoms with E-state index in [4.69, 9.17) is 11.5 Å². The van der Waals surface area contributed by atoms with E-state index < -0.39 is 47.9 Å². The van der Waals surface area contributed by atoms with Crippen LogP contribution in [0.25, 0.3) is 0 Å². The van der Waals surface area contributed by atoms with Gasteiger partial charge in [-0.3, -0.25) is 14.4 Å². The van der Waals surface area contributed by atoms with Crippen LogP contribution in [0.15, 0.2) is 24.3 Å². The number of phenols is 1. The Morgan fingerprint density at radius 3 is 2.00 bits per heavy atom. The Morgan fingerprint density at radius 2 is 1.47 bits per heavy atom. The van der Waals surface area contributed by atoms with E-state index in [1.54, 1.807) is 12.1 Å². The van der Waals surface area contributed by atoms with E-state index in [1.807, 2.05) is 13.8 Å². The molecule has 0 aromatic heterocycles.